The van der Waals surface area contributed by atoms with Gasteiger partial charge in [0, 0.05) is 10.7 Å². The maximum atomic E-state index is 11.6. The van der Waals surface area contributed by atoms with Gasteiger partial charge in [0.15, 0.2) is 5.78 Å². The van der Waals surface area contributed by atoms with Crippen LogP contribution in [0.15, 0.2) is 18.2 Å². The standard InChI is InChI=1S/C12H10Cl2N2O2/c1-7(16)9(5-15)11(17)6-18-12-3-2-8(13)4-10(12)14/h2-4,9,16H,6H2,1H3. The third-order valence-corrected chi connectivity index (χ3v) is 2.68. The van der Waals surface area contributed by atoms with Gasteiger partial charge in [-0.15, -0.1) is 0 Å². The Kier molecular flexibility index (Phi) is 5.14. The lowest BCUT2D eigenvalue weighted by Gasteiger charge is -2.09. The normalized spacial score (nSPS) is 11.4. The number of benzene rings is 1. The largest absolute Gasteiger partial charge is 0.484 e. The molecule has 0 aliphatic carbocycles. The van der Waals surface area contributed by atoms with E-state index in [4.69, 9.17) is 38.6 Å². The Labute approximate surface area is 115 Å². The molecule has 1 N–H and O–H groups in total. The summed E-state index contributed by atoms with van der Waals surface area (Å²) < 4.78 is 5.20. The van der Waals surface area contributed by atoms with E-state index < -0.39 is 11.7 Å². The van der Waals surface area contributed by atoms with Crippen LogP contribution in [0.3, 0.4) is 0 Å². The van der Waals surface area contributed by atoms with Crippen LogP contribution in [0.2, 0.25) is 10.0 Å². The number of nitrogens with zero attached hydrogens (tertiary/aromatic N) is 1. The van der Waals surface area contributed by atoms with Crippen LogP contribution in [0.25, 0.3) is 0 Å². The second kappa shape index (κ2) is 6.39. The van der Waals surface area contributed by atoms with Crippen LogP contribution in [-0.4, -0.2) is 18.1 Å². The molecule has 0 saturated heterocycles. The van der Waals surface area contributed by atoms with Gasteiger partial charge in [-0.05, 0) is 25.1 Å². The summed E-state index contributed by atoms with van der Waals surface area (Å²) in [7, 11) is 0. The fourth-order valence-electron chi connectivity index (χ4n) is 1.23. The number of Topliss-reactive ketones (excluding diaryl/α,β-unsaturated/α-hetero) is 1. The summed E-state index contributed by atoms with van der Waals surface area (Å²) in [6.45, 7) is 1.09. The number of hydrogen-bond acceptors (Lipinski definition) is 4. The van der Waals surface area contributed by atoms with Gasteiger partial charge >= 0.3 is 0 Å². The van der Waals surface area contributed by atoms with E-state index in [1.165, 1.54) is 19.1 Å². The van der Waals surface area contributed by atoms with Crippen molar-refractivity contribution in [3.63, 3.8) is 0 Å². The van der Waals surface area contributed by atoms with Crippen LogP contribution in [0.1, 0.15) is 6.92 Å². The zero-order chi connectivity index (χ0) is 13.7. The van der Waals surface area contributed by atoms with E-state index in [1.807, 2.05) is 0 Å². The zero-order valence-corrected chi connectivity index (χ0v) is 11.0. The summed E-state index contributed by atoms with van der Waals surface area (Å²) in [6.07, 6.45) is 0. The number of nitrogens with one attached hydrogen (secondary N) is 1. The molecule has 1 aromatic rings. The molecule has 1 aromatic carbocycles. The number of halogens is 2. The monoisotopic (exact) mass is 284 g/mol. The maximum absolute atomic E-state index is 11.6. The smallest absolute Gasteiger partial charge is 0.192 e. The van der Waals surface area contributed by atoms with Crippen molar-refractivity contribution in [2.24, 2.45) is 5.92 Å². The predicted molar refractivity (Wildman–Crippen MR) is 69.5 cm³/mol. The van der Waals surface area contributed by atoms with Crippen molar-refractivity contribution >= 4 is 34.7 Å². The molecule has 0 aliphatic heterocycles. The molecular weight excluding hydrogens is 275 g/mol. The van der Waals surface area contributed by atoms with Crippen molar-refractivity contribution < 1.29 is 9.53 Å². The predicted octanol–water partition coefficient (Wildman–Crippen LogP) is 3.12. The first-order chi connectivity index (χ1) is 8.45. The van der Waals surface area contributed by atoms with E-state index in [1.54, 1.807) is 12.1 Å². The first kappa shape index (κ1) is 14.5. The van der Waals surface area contributed by atoms with E-state index in [9.17, 15) is 4.79 Å². The molecule has 1 unspecified atom stereocenters. The number of ether oxygens (including phenoxy) is 1. The molecule has 0 bridgehead atoms. The number of hydrogen-bond donors (Lipinski definition) is 1. The first-order valence-electron chi connectivity index (χ1n) is 5.01. The van der Waals surface area contributed by atoms with Crippen LogP contribution in [0.5, 0.6) is 5.75 Å². The third kappa shape index (κ3) is 3.73. The van der Waals surface area contributed by atoms with Gasteiger partial charge in [-0.25, -0.2) is 0 Å². The molecule has 6 heteroatoms. The van der Waals surface area contributed by atoms with E-state index in [0.29, 0.717) is 10.8 Å². The second-order valence-corrected chi connectivity index (χ2v) is 4.42. The lowest BCUT2D eigenvalue weighted by Crippen LogP contribution is -2.25. The Balaban J connectivity index is 2.68. The average Bonchev–Trinajstić information content (AvgIpc) is 2.28. The minimum Gasteiger partial charge on any atom is -0.484 e. The van der Waals surface area contributed by atoms with Gasteiger partial charge in [0.1, 0.15) is 18.3 Å². The number of nitriles is 1. The molecule has 4 nitrogen and oxygen atoms in total. The SMILES string of the molecule is CC(=N)C(C#N)C(=O)COc1ccc(Cl)cc1Cl. The van der Waals surface area contributed by atoms with Gasteiger partial charge in [-0.2, -0.15) is 5.26 Å². The van der Waals surface area contributed by atoms with Gasteiger partial charge in [0.25, 0.3) is 0 Å². The van der Waals surface area contributed by atoms with Gasteiger partial charge in [0.2, 0.25) is 0 Å². The summed E-state index contributed by atoms with van der Waals surface area (Å²) in [5.74, 6) is -1.24. The van der Waals surface area contributed by atoms with E-state index >= 15 is 0 Å². The summed E-state index contributed by atoms with van der Waals surface area (Å²) in [5.41, 5.74) is -0.00620. The molecule has 0 fully saturated rings. The van der Waals surface area contributed by atoms with Crippen LogP contribution >= 0.6 is 23.2 Å². The van der Waals surface area contributed by atoms with Crippen LogP contribution in [0, 0.1) is 22.7 Å². The second-order valence-electron chi connectivity index (χ2n) is 3.57. The fourth-order valence-corrected chi connectivity index (χ4v) is 1.70. The highest BCUT2D eigenvalue weighted by atomic mass is 35.5. The third-order valence-electron chi connectivity index (χ3n) is 2.15. The Morgan fingerprint density at radius 3 is 2.72 bits per heavy atom. The van der Waals surface area contributed by atoms with Crippen molar-refractivity contribution in [3.05, 3.63) is 28.2 Å². The Hall–Kier alpha value is -1.57. The van der Waals surface area contributed by atoms with Crippen molar-refractivity contribution in [2.45, 2.75) is 6.92 Å². The van der Waals surface area contributed by atoms with Crippen molar-refractivity contribution in [1.29, 1.82) is 10.7 Å². The summed E-state index contributed by atoms with van der Waals surface area (Å²) >= 11 is 11.6. The average molecular weight is 285 g/mol. The molecule has 0 saturated carbocycles. The molecule has 0 aliphatic rings. The Morgan fingerprint density at radius 2 is 2.22 bits per heavy atom. The number of ketones is 1. The van der Waals surface area contributed by atoms with E-state index in [-0.39, 0.29) is 17.3 Å². The molecule has 0 amide bonds. The lowest BCUT2D eigenvalue weighted by molar-refractivity contribution is -0.121. The molecule has 1 rings (SSSR count). The first-order valence-corrected chi connectivity index (χ1v) is 5.76. The minimum atomic E-state index is -1.07. The minimum absolute atomic E-state index is 0.00620. The van der Waals surface area contributed by atoms with Gasteiger partial charge in [-0.1, -0.05) is 23.2 Å². The highest BCUT2D eigenvalue weighted by molar-refractivity contribution is 6.35. The molecule has 94 valence electrons. The molecule has 0 heterocycles. The Morgan fingerprint density at radius 1 is 1.56 bits per heavy atom. The molecule has 1 atom stereocenters. The molecule has 0 aromatic heterocycles. The molecule has 0 spiro atoms. The number of carbonyl (C=O) groups excluding carboxylic acids is 1. The fraction of sp³-hybridized carbons (Fsp3) is 0.250. The lowest BCUT2D eigenvalue weighted by atomic mass is 10.0. The van der Waals surface area contributed by atoms with Gasteiger partial charge in [0.05, 0.1) is 11.1 Å². The van der Waals surface area contributed by atoms with Crippen LogP contribution in [-0.2, 0) is 4.79 Å². The van der Waals surface area contributed by atoms with Crippen molar-refractivity contribution in [3.8, 4) is 11.8 Å². The summed E-state index contributed by atoms with van der Waals surface area (Å²) in [4.78, 5) is 11.6. The van der Waals surface area contributed by atoms with E-state index in [2.05, 4.69) is 0 Å². The highest BCUT2D eigenvalue weighted by Crippen LogP contribution is 2.27. The van der Waals surface area contributed by atoms with Crippen molar-refractivity contribution in [2.75, 3.05) is 6.61 Å². The summed E-state index contributed by atoms with van der Waals surface area (Å²) in [6, 6.07) is 6.36. The van der Waals surface area contributed by atoms with Gasteiger partial charge < -0.3 is 10.1 Å². The van der Waals surface area contributed by atoms with Crippen LogP contribution in [0.4, 0.5) is 0 Å². The quantitative estimate of drug-likeness (QED) is 0.844. The summed E-state index contributed by atoms with van der Waals surface area (Å²) in [5, 5.41) is 16.8. The topological polar surface area (TPSA) is 73.9 Å². The molecule has 18 heavy (non-hydrogen) atoms. The maximum Gasteiger partial charge on any atom is 0.192 e. The number of carbonyl (C=O) groups is 1. The van der Waals surface area contributed by atoms with E-state index in [0.717, 1.165) is 0 Å². The highest BCUT2D eigenvalue weighted by Gasteiger charge is 2.20. The Bertz CT molecular complexity index is 523. The molecule has 0 radical (unpaired) electrons. The van der Waals surface area contributed by atoms with Gasteiger partial charge in [-0.3, -0.25) is 4.79 Å². The van der Waals surface area contributed by atoms with Crippen LogP contribution < -0.4 is 4.74 Å². The zero-order valence-electron chi connectivity index (χ0n) is 9.54. The molecular formula is C12H10Cl2N2O2. The van der Waals surface area contributed by atoms with Crippen molar-refractivity contribution in [1.82, 2.24) is 0 Å². The number of rotatable bonds is 5.